The minimum atomic E-state index is -0.0409. The fraction of sp³-hybridized carbons (Fsp3) is 0.379. The third-order valence-electron chi connectivity index (χ3n) is 6.78. The molecule has 1 amide bonds. The van der Waals surface area contributed by atoms with Crippen LogP contribution in [0.3, 0.4) is 0 Å². The van der Waals surface area contributed by atoms with Crippen molar-refractivity contribution in [3.8, 4) is 11.3 Å². The van der Waals surface area contributed by atoms with Gasteiger partial charge in [-0.25, -0.2) is 4.98 Å². The summed E-state index contributed by atoms with van der Waals surface area (Å²) in [5.74, 6) is 0.725. The molecule has 0 radical (unpaired) electrons. The van der Waals surface area contributed by atoms with E-state index < -0.39 is 0 Å². The van der Waals surface area contributed by atoms with Crippen LogP contribution in [0.2, 0.25) is 0 Å². The number of benzene rings is 1. The van der Waals surface area contributed by atoms with E-state index in [0.717, 1.165) is 30.9 Å². The molecule has 1 atom stereocenters. The van der Waals surface area contributed by atoms with E-state index in [2.05, 4.69) is 40.6 Å². The van der Waals surface area contributed by atoms with E-state index in [0.29, 0.717) is 50.8 Å². The molecule has 0 aliphatic carbocycles. The lowest BCUT2D eigenvalue weighted by Gasteiger charge is -2.35. The Labute approximate surface area is 222 Å². The predicted molar refractivity (Wildman–Crippen MR) is 149 cm³/mol. The molecule has 1 aromatic carbocycles. The van der Waals surface area contributed by atoms with E-state index in [1.165, 1.54) is 5.56 Å². The van der Waals surface area contributed by atoms with E-state index >= 15 is 0 Å². The lowest BCUT2D eigenvalue weighted by Crippen LogP contribution is -2.49. The van der Waals surface area contributed by atoms with Crippen molar-refractivity contribution in [2.24, 2.45) is 0 Å². The van der Waals surface area contributed by atoms with E-state index in [1.807, 2.05) is 52.6 Å². The van der Waals surface area contributed by atoms with Crippen molar-refractivity contribution in [1.82, 2.24) is 14.8 Å². The van der Waals surface area contributed by atoms with Gasteiger partial charge in [-0.15, -0.1) is 0 Å². The maximum absolute atomic E-state index is 13.7. The Kier molecular flexibility index (Phi) is 8.63. The van der Waals surface area contributed by atoms with Gasteiger partial charge in [-0.2, -0.15) is 11.3 Å². The van der Waals surface area contributed by atoms with Crippen LogP contribution in [0.1, 0.15) is 15.9 Å². The Morgan fingerprint density at radius 2 is 1.95 bits per heavy atom. The van der Waals surface area contributed by atoms with E-state index in [1.54, 1.807) is 11.3 Å². The smallest absolute Gasteiger partial charge is 0.257 e. The van der Waals surface area contributed by atoms with Crippen LogP contribution in [0.4, 0.5) is 5.82 Å². The number of rotatable bonds is 8. The maximum atomic E-state index is 13.7. The Morgan fingerprint density at radius 1 is 1.11 bits per heavy atom. The quantitative estimate of drug-likeness (QED) is 0.447. The van der Waals surface area contributed by atoms with Crippen LogP contribution in [-0.2, 0) is 9.47 Å². The summed E-state index contributed by atoms with van der Waals surface area (Å²) >= 11 is 1.64. The average Bonchev–Trinajstić information content (AvgIpc) is 3.49. The third-order valence-corrected chi connectivity index (χ3v) is 7.46. The van der Waals surface area contributed by atoms with Gasteiger partial charge in [0.25, 0.3) is 5.91 Å². The summed E-state index contributed by atoms with van der Waals surface area (Å²) in [5.41, 5.74) is 3.77. The van der Waals surface area contributed by atoms with Gasteiger partial charge in [0.05, 0.1) is 37.2 Å². The first-order valence-corrected chi connectivity index (χ1v) is 13.8. The van der Waals surface area contributed by atoms with Crippen LogP contribution in [-0.4, -0.2) is 92.9 Å². The highest BCUT2D eigenvalue weighted by atomic mass is 32.1. The van der Waals surface area contributed by atoms with Gasteiger partial charge in [0, 0.05) is 57.3 Å². The van der Waals surface area contributed by atoms with Gasteiger partial charge in [0.2, 0.25) is 0 Å². The fourth-order valence-corrected chi connectivity index (χ4v) is 5.37. The van der Waals surface area contributed by atoms with Gasteiger partial charge in [0.15, 0.2) is 0 Å². The first-order chi connectivity index (χ1) is 18.2. The molecule has 8 heteroatoms. The zero-order valence-electron chi connectivity index (χ0n) is 21.3. The number of ether oxygens (including phenoxy) is 2. The van der Waals surface area contributed by atoms with Gasteiger partial charge in [-0.3, -0.25) is 9.69 Å². The van der Waals surface area contributed by atoms with Crippen molar-refractivity contribution in [3.05, 3.63) is 76.5 Å². The Balaban J connectivity index is 1.26. The highest BCUT2D eigenvalue weighted by molar-refractivity contribution is 7.08. The molecule has 0 unspecified atom stereocenters. The number of piperazine rings is 1. The summed E-state index contributed by atoms with van der Waals surface area (Å²) in [7, 11) is 1.98. The number of likely N-dealkylation sites (N-methyl/N-ethyl adjacent to an activating group) is 1. The van der Waals surface area contributed by atoms with Crippen LogP contribution in [0.25, 0.3) is 17.3 Å². The number of thiophene rings is 1. The number of hydrogen-bond acceptors (Lipinski definition) is 7. The van der Waals surface area contributed by atoms with E-state index in [-0.39, 0.29) is 12.0 Å². The van der Waals surface area contributed by atoms with Crippen molar-refractivity contribution in [3.63, 3.8) is 0 Å². The van der Waals surface area contributed by atoms with Crippen molar-refractivity contribution in [2.75, 3.05) is 71.0 Å². The molecule has 0 saturated carbocycles. The van der Waals surface area contributed by atoms with Gasteiger partial charge >= 0.3 is 0 Å². The average molecular weight is 519 g/mol. The topological polar surface area (TPSA) is 58.1 Å². The summed E-state index contributed by atoms with van der Waals surface area (Å²) < 4.78 is 11.4. The summed E-state index contributed by atoms with van der Waals surface area (Å²) in [6.07, 6.45) is 4.31. The molecule has 2 aromatic heterocycles. The monoisotopic (exact) mass is 518 g/mol. The molecular formula is C29H34N4O3S. The molecule has 3 aromatic rings. The second-order valence-electron chi connectivity index (χ2n) is 9.43. The maximum Gasteiger partial charge on any atom is 0.257 e. The summed E-state index contributed by atoms with van der Waals surface area (Å²) in [6.45, 7) is 6.38. The molecule has 37 heavy (non-hydrogen) atoms. The largest absolute Gasteiger partial charge is 0.376 e. The minimum absolute atomic E-state index is 0.0338. The Hall–Kier alpha value is -3.04. The molecule has 2 aliphatic heterocycles. The molecular weight excluding hydrogens is 484 g/mol. The Morgan fingerprint density at radius 3 is 2.68 bits per heavy atom. The van der Waals surface area contributed by atoms with Crippen LogP contribution in [0.5, 0.6) is 0 Å². The fourth-order valence-electron chi connectivity index (χ4n) is 4.72. The Bertz CT molecular complexity index is 1170. The predicted octanol–water partition coefficient (Wildman–Crippen LogP) is 4.13. The lowest BCUT2D eigenvalue weighted by molar-refractivity contribution is -0.0837. The second kappa shape index (κ2) is 12.5. The molecule has 2 fully saturated rings. The van der Waals surface area contributed by atoms with Crippen LogP contribution >= 0.6 is 11.3 Å². The summed E-state index contributed by atoms with van der Waals surface area (Å²) in [6, 6.07) is 16.3. The zero-order valence-corrected chi connectivity index (χ0v) is 22.1. The highest BCUT2D eigenvalue weighted by Crippen LogP contribution is 2.27. The molecule has 2 saturated heterocycles. The van der Waals surface area contributed by atoms with Crippen LogP contribution < -0.4 is 4.90 Å². The van der Waals surface area contributed by atoms with Crippen molar-refractivity contribution >= 4 is 29.1 Å². The van der Waals surface area contributed by atoms with Gasteiger partial charge in [0.1, 0.15) is 5.82 Å². The summed E-state index contributed by atoms with van der Waals surface area (Å²) in [5, 5.41) is 4.12. The number of hydrogen-bond donors (Lipinski definition) is 0. The van der Waals surface area contributed by atoms with Crippen LogP contribution in [0, 0.1) is 0 Å². The molecule has 2 aliphatic rings. The molecule has 7 nitrogen and oxygen atoms in total. The number of carbonyl (C=O) groups excluding carboxylic acids is 1. The van der Waals surface area contributed by atoms with Crippen molar-refractivity contribution < 1.29 is 14.3 Å². The standard InChI is InChI=1S/C29H34N4O3S/c1-31(20-25-21-35-17-18-36-25)28-26(9-10-27(30-28)24-11-19-37-22-24)29(34)33-15-13-32(14-16-33)12-5-8-23-6-3-2-4-7-23/h2-11,19,22,25H,12-18,20-21H2,1H3/b8-5+/t25-/m0/s1. The van der Waals surface area contributed by atoms with Gasteiger partial charge in [-0.1, -0.05) is 42.5 Å². The van der Waals surface area contributed by atoms with E-state index in [4.69, 9.17) is 14.5 Å². The first-order valence-electron chi connectivity index (χ1n) is 12.8. The minimum Gasteiger partial charge on any atom is -0.376 e. The summed E-state index contributed by atoms with van der Waals surface area (Å²) in [4.78, 5) is 25.0. The van der Waals surface area contributed by atoms with Gasteiger partial charge in [-0.05, 0) is 29.1 Å². The molecule has 0 bridgehead atoms. The first kappa shape index (κ1) is 25.6. The number of aromatic nitrogens is 1. The van der Waals surface area contributed by atoms with Crippen LogP contribution in [0.15, 0.2) is 65.4 Å². The zero-order chi connectivity index (χ0) is 25.5. The van der Waals surface area contributed by atoms with Crippen molar-refractivity contribution in [1.29, 1.82) is 0 Å². The molecule has 0 spiro atoms. The molecule has 5 rings (SSSR count). The third kappa shape index (κ3) is 6.64. The lowest BCUT2D eigenvalue weighted by atomic mass is 10.1. The second-order valence-corrected chi connectivity index (χ2v) is 10.2. The number of anilines is 1. The normalized spacial score (nSPS) is 18.8. The van der Waals surface area contributed by atoms with E-state index in [9.17, 15) is 4.79 Å². The highest BCUT2D eigenvalue weighted by Gasteiger charge is 2.27. The number of carbonyl (C=O) groups is 1. The molecule has 194 valence electrons. The van der Waals surface area contributed by atoms with Gasteiger partial charge < -0.3 is 19.3 Å². The molecule has 4 heterocycles. The molecule has 0 N–H and O–H groups in total. The van der Waals surface area contributed by atoms with Crippen molar-refractivity contribution in [2.45, 2.75) is 6.10 Å². The SMILES string of the molecule is CN(C[C@H]1COCCO1)c1nc(-c2ccsc2)ccc1C(=O)N1CCN(C/C=C/c2ccccc2)CC1. The number of amides is 1. The number of pyridine rings is 1. The number of nitrogens with zero attached hydrogens (tertiary/aromatic N) is 4.